The Kier molecular flexibility index (Phi) is 4.52. The second-order valence-corrected chi connectivity index (χ2v) is 5.97. The van der Waals surface area contributed by atoms with Gasteiger partial charge in [0, 0.05) is 36.0 Å². The van der Waals surface area contributed by atoms with Crippen molar-refractivity contribution in [2.75, 3.05) is 25.5 Å². The van der Waals surface area contributed by atoms with Crippen molar-refractivity contribution < 1.29 is 8.78 Å². The third kappa shape index (κ3) is 3.47. The normalized spacial score (nSPS) is 18.3. The molecule has 1 aliphatic rings. The summed E-state index contributed by atoms with van der Waals surface area (Å²) in [4.78, 5) is 11.0. The van der Waals surface area contributed by atoms with Gasteiger partial charge in [-0.25, -0.2) is 18.7 Å². The van der Waals surface area contributed by atoms with Crippen LogP contribution in [0, 0.1) is 18.6 Å². The van der Waals surface area contributed by atoms with Crippen molar-refractivity contribution in [1.82, 2.24) is 14.9 Å². The average Bonchev–Trinajstić information content (AvgIpc) is 2.91. The second-order valence-electron chi connectivity index (χ2n) is 5.97. The Balaban J connectivity index is 1.75. The van der Waals surface area contributed by atoms with E-state index in [1.807, 2.05) is 0 Å². The Labute approximate surface area is 134 Å². The highest BCUT2D eigenvalue weighted by atomic mass is 19.1. The van der Waals surface area contributed by atoms with Gasteiger partial charge >= 0.3 is 0 Å². The molecule has 0 aliphatic carbocycles. The zero-order valence-electron chi connectivity index (χ0n) is 13.3. The topological polar surface area (TPSA) is 41.1 Å². The number of nitrogens with one attached hydrogen (secondary N) is 1. The van der Waals surface area contributed by atoms with Crippen LogP contribution in [0.15, 0.2) is 24.4 Å². The maximum Gasteiger partial charge on any atom is 0.222 e. The fraction of sp³-hybridized carbons (Fsp3) is 0.412. The third-order valence-corrected chi connectivity index (χ3v) is 4.37. The van der Waals surface area contributed by atoms with Crippen LogP contribution in [0.3, 0.4) is 0 Å². The Morgan fingerprint density at radius 2 is 2.13 bits per heavy atom. The van der Waals surface area contributed by atoms with Crippen LogP contribution in [0.1, 0.15) is 18.5 Å². The van der Waals surface area contributed by atoms with Crippen LogP contribution in [-0.2, 0) is 0 Å². The summed E-state index contributed by atoms with van der Waals surface area (Å²) in [7, 11) is 2.12. The van der Waals surface area contributed by atoms with Gasteiger partial charge in [0.25, 0.3) is 0 Å². The van der Waals surface area contributed by atoms with E-state index in [4.69, 9.17) is 0 Å². The van der Waals surface area contributed by atoms with E-state index < -0.39 is 11.6 Å². The Bertz CT molecular complexity index is 705. The van der Waals surface area contributed by atoms with Crippen molar-refractivity contribution in [2.24, 2.45) is 0 Å². The summed E-state index contributed by atoms with van der Waals surface area (Å²) in [6, 6.07) is 4.02. The molecular weight excluding hydrogens is 298 g/mol. The van der Waals surface area contributed by atoms with Crippen LogP contribution >= 0.6 is 0 Å². The van der Waals surface area contributed by atoms with E-state index in [1.54, 1.807) is 13.1 Å². The van der Waals surface area contributed by atoms with Crippen LogP contribution in [0.25, 0.3) is 11.1 Å². The highest BCUT2D eigenvalue weighted by Gasteiger charge is 2.20. The number of anilines is 1. The van der Waals surface area contributed by atoms with Crippen LogP contribution in [0.4, 0.5) is 14.7 Å². The minimum absolute atomic E-state index is 0.311. The van der Waals surface area contributed by atoms with Crippen LogP contribution < -0.4 is 5.32 Å². The SMILES string of the molecule is Cc1nc(NC[C@H]2CCCN2C)ncc1-c1ccc(F)cc1F. The van der Waals surface area contributed by atoms with Crippen molar-refractivity contribution >= 4 is 5.95 Å². The van der Waals surface area contributed by atoms with Crippen molar-refractivity contribution in [3.63, 3.8) is 0 Å². The lowest BCUT2D eigenvalue weighted by molar-refractivity contribution is 0.322. The first-order chi connectivity index (χ1) is 11.0. The number of nitrogens with zero attached hydrogens (tertiary/aromatic N) is 3. The molecule has 0 spiro atoms. The summed E-state index contributed by atoms with van der Waals surface area (Å²) in [6.45, 7) is 3.71. The minimum Gasteiger partial charge on any atom is -0.353 e. The summed E-state index contributed by atoms with van der Waals surface area (Å²) >= 11 is 0. The van der Waals surface area contributed by atoms with Crippen molar-refractivity contribution in [2.45, 2.75) is 25.8 Å². The van der Waals surface area contributed by atoms with E-state index in [-0.39, 0.29) is 0 Å². The average molecular weight is 318 g/mol. The quantitative estimate of drug-likeness (QED) is 0.939. The molecule has 6 heteroatoms. The molecule has 0 amide bonds. The Hall–Kier alpha value is -2.08. The first-order valence-corrected chi connectivity index (χ1v) is 7.78. The molecule has 0 unspecified atom stereocenters. The fourth-order valence-electron chi connectivity index (χ4n) is 2.97. The van der Waals surface area contributed by atoms with Crippen LogP contribution in [-0.4, -0.2) is 41.0 Å². The molecule has 1 saturated heterocycles. The lowest BCUT2D eigenvalue weighted by Gasteiger charge is -2.19. The predicted octanol–water partition coefficient (Wildman–Crippen LogP) is 3.24. The largest absolute Gasteiger partial charge is 0.353 e. The summed E-state index contributed by atoms with van der Waals surface area (Å²) in [5.41, 5.74) is 1.55. The summed E-state index contributed by atoms with van der Waals surface area (Å²) in [5, 5.41) is 3.24. The molecule has 2 heterocycles. The molecule has 3 rings (SSSR count). The number of aryl methyl sites for hydroxylation is 1. The first kappa shape index (κ1) is 15.8. The number of hydrogen-bond donors (Lipinski definition) is 1. The molecule has 1 N–H and O–H groups in total. The molecule has 1 atom stereocenters. The lowest BCUT2D eigenvalue weighted by Crippen LogP contribution is -2.32. The molecule has 0 radical (unpaired) electrons. The minimum atomic E-state index is -0.606. The van der Waals surface area contributed by atoms with Gasteiger partial charge < -0.3 is 10.2 Å². The Morgan fingerprint density at radius 1 is 1.30 bits per heavy atom. The standard InChI is InChI=1S/C17H20F2N4/c1-11-15(14-6-5-12(18)8-16(14)19)10-21-17(22-11)20-9-13-4-3-7-23(13)2/h5-6,8,10,13H,3-4,7,9H2,1-2H3,(H,20,21,22)/t13-/m1/s1. The third-order valence-electron chi connectivity index (χ3n) is 4.37. The molecule has 0 bridgehead atoms. The number of aromatic nitrogens is 2. The fourth-order valence-corrected chi connectivity index (χ4v) is 2.97. The van der Waals surface area contributed by atoms with Gasteiger partial charge in [-0.1, -0.05) is 0 Å². The van der Waals surface area contributed by atoms with Crippen LogP contribution in [0.5, 0.6) is 0 Å². The molecule has 23 heavy (non-hydrogen) atoms. The van der Waals surface area contributed by atoms with Gasteiger partial charge in [0.15, 0.2) is 0 Å². The van der Waals surface area contributed by atoms with Gasteiger partial charge in [0.05, 0.1) is 5.69 Å². The van der Waals surface area contributed by atoms with E-state index in [2.05, 4.69) is 27.2 Å². The molecule has 1 fully saturated rings. The summed E-state index contributed by atoms with van der Waals surface area (Å²) in [6.07, 6.45) is 3.96. The van der Waals surface area contributed by atoms with E-state index in [0.717, 1.165) is 19.2 Å². The van der Waals surface area contributed by atoms with E-state index in [9.17, 15) is 8.78 Å². The zero-order chi connectivity index (χ0) is 16.4. The zero-order valence-corrected chi connectivity index (χ0v) is 13.3. The number of likely N-dealkylation sites (tertiary alicyclic amines) is 1. The van der Waals surface area contributed by atoms with Crippen molar-refractivity contribution in [1.29, 1.82) is 0 Å². The van der Waals surface area contributed by atoms with Gasteiger partial charge in [-0.2, -0.15) is 0 Å². The number of hydrogen-bond acceptors (Lipinski definition) is 4. The maximum absolute atomic E-state index is 13.9. The second kappa shape index (κ2) is 6.58. The molecule has 122 valence electrons. The molecule has 2 aromatic rings. The number of likely N-dealkylation sites (N-methyl/N-ethyl adjacent to an activating group) is 1. The van der Waals surface area contributed by atoms with Gasteiger partial charge in [-0.3, -0.25) is 0 Å². The van der Waals surface area contributed by atoms with Crippen molar-refractivity contribution in [3.05, 3.63) is 41.7 Å². The van der Waals surface area contributed by atoms with Crippen LogP contribution in [0.2, 0.25) is 0 Å². The first-order valence-electron chi connectivity index (χ1n) is 7.78. The maximum atomic E-state index is 13.9. The smallest absolute Gasteiger partial charge is 0.222 e. The van der Waals surface area contributed by atoms with E-state index >= 15 is 0 Å². The summed E-state index contributed by atoms with van der Waals surface area (Å²) < 4.78 is 26.9. The highest BCUT2D eigenvalue weighted by Crippen LogP contribution is 2.25. The van der Waals surface area contributed by atoms with E-state index in [0.29, 0.717) is 28.8 Å². The van der Waals surface area contributed by atoms with Gasteiger partial charge in [0.2, 0.25) is 5.95 Å². The molecule has 1 aliphatic heterocycles. The van der Waals surface area contributed by atoms with Gasteiger partial charge in [0.1, 0.15) is 11.6 Å². The molecule has 4 nitrogen and oxygen atoms in total. The molecule has 1 aromatic heterocycles. The Morgan fingerprint density at radius 3 is 2.78 bits per heavy atom. The number of halogens is 2. The molecule has 0 saturated carbocycles. The van der Waals surface area contributed by atoms with Gasteiger partial charge in [-0.15, -0.1) is 0 Å². The van der Waals surface area contributed by atoms with E-state index in [1.165, 1.54) is 25.0 Å². The number of benzene rings is 1. The summed E-state index contributed by atoms with van der Waals surface area (Å²) in [5.74, 6) is -0.664. The molecule has 1 aromatic carbocycles. The van der Waals surface area contributed by atoms with Gasteiger partial charge in [-0.05, 0) is 45.5 Å². The molecular formula is C17H20F2N4. The monoisotopic (exact) mass is 318 g/mol. The lowest BCUT2D eigenvalue weighted by atomic mass is 10.1. The number of rotatable bonds is 4. The highest BCUT2D eigenvalue weighted by molar-refractivity contribution is 5.66. The van der Waals surface area contributed by atoms with Crippen molar-refractivity contribution in [3.8, 4) is 11.1 Å². The predicted molar refractivity (Wildman–Crippen MR) is 86.3 cm³/mol.